The first kappa shape index (κ1) is 17.4. The third kappa shape index (κ3) is 6.04. The number of rotatable bonds is 1. The fourth-order valence-electron chi connectivity index (χ4n) is 0. The maximum Gasteiger partial charge on any atom is 1.00 e. The van der Waals surface area contributed by atoms with Crippen LogP contribution >= 0.6 is 0 Å². The molecule has 10 heteroatoms. The van der Waals surface area contributed by atoms with Crippen LogP contribution in [0.3, 0.4) is 0 Å². The Balaban J connectivity index is -0.000000245. The summed E-state index contributed by atoms with van der Waals surface area (Å²) in [6.45, 7) is 0. The fourth-order valence-corrected chi connectivity index (χ4v) is 0. The van der Waals surface area contributed by atoms with Crippen LogP contribution in [0.2, 0.25) is 0 Å². The first-order valence-electron chi connectivity index (χ1n) is 1.17. The minimum Gasteiger partial charge on any atom is -0.736 e. The average Bonchev–Trinajstić information content (AvgIpc) is 1.25. The van der Waals surface area contributed by atoms with Gasteiger partial charge in [0.15, 0.2) is 18.3 Å². The fraction of sp³-hybridized carbons (Fsp3) is 0. The Morgan fingerprint density at radius 2 is 0.800 bits per heavy atom. The van der Waals surface area contributed by atoms with Gasteiger partial charge >= 0.3 is 44.8 Å². The van der Waals surface area contributed by atoms with E-state index in [1.54, 1.807) is 0 Å². The molecule has 0 atom stereocenters. The minimum atomic E-state index is -5.67. The summed E-state index contributed by atoms with van der Waals surface area (Å²) in [4.78, 5) is 0. The standard InChI is InChI=1S/2Ag.H2O6S2/c;;1-7(2,3)8(4,5)6/h;;(H,1,2,3)(H,4,5,6)/q2*+1;/p-2. The van der Waals surface area contributed by atoms with Crippen LogP contribution < -0.4 is 0 Å². The second-order valence-corrected chi connectivity index (χ2v) is 4.90. The predicted molar refractivity (Wildman–Crippen MR) is 19.4 cm³/mol. The maximum atomic E-state index is 9.20. The van der Waals surface area contributed by atoms with Crippen molar-refractivity contribution in [3.63, 3.8) is 0 Å². The van der Waals surface area contributed by atoms with Crippen molar-refractivity contribution in [3.8, 4) is 0 Å². The van der Waals surface area contributed by atoms with Gasteiger partial charge in [-0.15, -0.1) is 0 Å². The molecule has 0 aromatic rings. The van der Waals surface area contributed by atoms with E-state index in [0.29, 0.717) is 0 Å². The van der Waals surface area contributed by atoms with E-state index < -0.39 is 18.3 Å². The third-order valence-electron chi connectivity index (χ3n) is 0.250. The molecule has 0 radical (unpaired) electrons. The van der Waals surface area contributed by atoms with Crippen molar-refractivity contribution in [1.29, 1.82) is 0 Å². The van der Waals surface area contributed by atoms with Gasteiger partial charge in [0.2, 0.25) is 0 Å². The summed E-state index contributed by atoms with van der Waals surface area (Å²) < 4.78 is 55.2. The van der Waals surface area contributed by atoms with Gasteiger partial charge in [0, 0.05) is 0 Å². The Bertz CT molecular complexity index is 226. The van der Waals surface area contributed by atoms with Crippen LogP contribution in [0.25, 0.3) is 0 Å². The molecule has 10 heavy (non-hydrogen) atoms. The van der Waals surface area contributed by atoms with Crippen molar-refractivity contribution in [2.24, 2.45) is 0 Å². The van der Waals surface area contributed by atoms with Crippen LogP contribution in [0.4, 0.5) is 0 Å². The van der Waals surface area contributed by atoms with Gasteiger partial charge in [0.1, 0.15) is 0 Å². The Hall–Kier alpha value is 1.30. The Morgan fingerprint density at radius 1 is 0.700 bits per heavy atom. The molecular formula is Ag2O6S2. The topological polar surface area (TPSA) is 114 Å². The predicted octanol–water partition coefficient (Wildman–Crippen LogP) is -2.01. The van der Waals surface area contributed by atoms with Crippen LogP contribution in [0.5, 0.6) is 0 Å². The Morgan fingerprint density at radius 3 is 0.800 bits per heavy atom. The van der Waals surface area contributed by atoms with Crippen molar-refractivity contribution in [2.45, 2.75) is 0 Å². The van der Waals surface area contributed by atoms with Gasteiger partial charge in [-0.3, -0.25) is 0 Å². The van der Waals surface area contributed by atoms with Crippen LogP contribution in [0.1, 0.15) is 0 Å². The summed E-state index contributed by atoms with van der Waals surface area (Å²) in [5.41, 5.74) is 0. The van der Waals surface area contributed by atoms with E-state index in [1.807, 2.05) is 0 Å². The summed E-state index contributed by atoms with van der Waals surface area (Å²) in [7, 11) is -11.3. The van der Waals surface area contributed by atoms with Gasteiger partial charge in [-0.1, -0.05) is 0 Å². The zero-order chi connectivity index (χ0) is 7.00. The number of hydrogen-bond donors (Lipinski definition) is 0. The molecule has 0 saturated carbocycles. The Labute approximate surface area is 88.3 Å². The summed E-state index contributed by atoms with van der Waals surface area (Å²) >= 11 is 0. The van der Waals surface area contributed by atoms with Crippen molar-refractivity contribution in [1.82, 2.24) is 0 Å². The molecule has 0 heterocycles. The summed E-state index contributed by atoms with van der Waals surface area (Å²) in [5, 5.41) is 0. The van der Waals surface area contributed by atoms with E-state index >= 15 is 0 Å². The first-order chi connectivity index (χ1) is 3.25. The van der Waals surface area contributed by atoms with Gasteiger partial charge in [-0.2, -0.15) is 0 Å². The molecular weight excluding hydrogens is 376 g/mol. The largest absolute Gasteiger partial charge is 1.00 e. The normalized spacial score (nSPS) is 11.0. The second-order valence-electron chi connectivity index (χ2n) is 0.816. The number of hydrogen-bond acceptors (Lipinski definition) is 6. The molecule has 0 bridgehead atoms. The Kier molecular flexibility index (Phi) is 8.76. The van der Waals surface area contributed by atoms with Gasteiger partial charge < -0.3 is 9.11 Å². The summed E-state index contributed by atoms with van der Waals surface area (Å²) in [6, 6.07) is 0. The van der Waals surface area contributed by atoms with Crippen LogP contribution in [-0.2, 0) is 63.1 Å². The van der Waals surface area contributed by atoms with Crippen molar-refractivity contribution >= 4 is 18.3 Å². The monoisotopic (exact) mass is 374 g/mol. The van der Waals surface area contributed by atoms with Crippen LogP contribution in [0, 0.1) is 0 Å². The van der Waals surface area contributed by atoms with Gasteiger partial charge in [0.05, 0.1) is 0 Å². The van der Waals surface area contributed by atoms with E-state index in [9.17, 15) is 25.9 Å². The molecule has 70 valence electrons. The second kappa shape index (κ2) is 5.04. The van der Waals surface area contributed by atoms with E-state index in [1.165, 1.54) is 0 Å². The molecule has 0 unspecified atom stereocenters. The molecule has 6 nitrogen and oxygen atoms in total. The quantitative estimate of drug-likeness (QED) is 0.297. The maximum absolute atomic E-state index is 9.20. The van der Waals surface area contributed by atoms with E-state index in [4.69, 9.17) is 0 Å². The molecule has 0 fully saturated rings. The first-order valence-corrected chi connectivity index (χ1v) is 4.50. The molecule has 0 amide bonds. The molecule has 0 aliphatic rings. The van der Waals surface area contributed by atoms with Crippen molar-refractivity contribution in [2.75, 3.05) is 0 Å². The molecule has 0 aromatic carbocycles. The molecule has 0 N–H and O–H groups in total. The van der Waals surface area contributed by atoms with Crippen LogP contribution in [-0.4, -0.2) is 25.9 Å². The minimum absolute atomic E-state index is 0. The van der Waals surface area contributed by atoms with E-state index in [-0.39, 0.29) is 44.8 Å². The van der Waals surface area contributed by atoms with Gasteiger partial charge in [-0.25, -0.2) is 16.8 Å². The smallest absolute Gasteiger partial charge is 0.736 e. The zero-order valence-corrected chi connectivity index (χ0v) is 8.47. The molecule has 0 rings (SSSR count). The summed E-state index contributed by atoms with van der Waals surface area (Å²) in [5.74, 6) is 0. The molecule has 0 aliphatic heterocycles. The summed E-state index contributed by atoms with van der Waals surface area (Å²) in [6.07, 6.45) is 0. The van der Waals surface area contributed by atoms with Gasteiger partial charge in [-0.05, 0) is 0 Å². The van der Waals surface area contributed by atoms with Crippen molar-refractivity contribution < 1.29 is 70.7 Å². The molecule has 0 aromatic heterocycles. The van der Waals surface area contributed by atoms with E-state index in [2.05, 4.69) is 0 Å². The molecule has 0 spiro atoms. The average molecular weight is 376 g/mol. The SMILES string of the molecule is O=S(=O)([O-])S(=O)(=O)[O-].[Ag+].[Ag+]. The third-order valence-corrected chi connectivity index (χ3v) is 2.25. The van der Waals surface area contributed by atoms with Crippen LogP contribution in [0.15, 0.2) is 0 Å². The zero-order valence-electron chi connectivity index (χ0n) is 3.87. The van der Waals surface area contributed by atoms with Gasteiger partial charge in [0.25, 0.3) is 0 Å². The van der Waals surface area contributed by atoms with Crippen molar-refractivity contribution in [3.05, 3.63) is 0 Å². The molecule has 0 saturated heterocycles. The van der Waals surface area contributed by atoms with E-state index in [0.717, 1.165) is 0 Å². The molecule has 0 aliphatic carbocycles.